The Morgan fingerprint density at radius 1 is 1.40 bits per heavy atom. The van der Waals surface area contributed by atoms with Crippen molar-refractivity contribution in [2.24, 2.45) is 17.3 Å². The normalized spacial score (nSPS) is 24.2. The number of hydrogen-bond donors (Lipinski definition) is 2. The Morgan fingerprint density at radius 3 is 2.52 bits per heavy atom. The third-order valence-corrected chi connectivity index (χ3v) is 5.71. The summed E-state index contributed by atoms with van der Waals surface area (Å²) in [6.07, 6.45) is 1.84. The number of amides is 2. The highest BCUT2D eigenvalue weighted by Gasteiger charge is 2.45. The largest absolute Gasteiger partial charge is 0.337 e. The first-order valence-electron chi connectivity index (χ1n) is 7.90. The predicted octanol–water partition coefficient (Wildman–Crippen LogP) is 1.56. The minimum Gasteiger partial charge on any atom is -0.337 e. The zero-order valence-corrected chi connectivity index (χ0v) is 15.2. The van der Waals surface area contributed by atoms with Crippen molar-refractivity contribution in [3.05, 3.63) is 10.6 Å². The summed E-state index contributed by atoms with van der Waals surface area (Å²) >= 11 is 1.03. The van der Waals surface area contributed by atoms with Crippen LogP contribution in [-0.4, -0.2) is 23.1 Å². The molecular weight excluding hydrogens is 338 g/mol. The van der Waals surface area contributed by atoms with Gasteiger partial charge >= 0.3 is 0 Å². The molecule has 0 radical (unpaired) electrons. The summed E-state index contributed by atoms with van der Waals surface area (Å²) < 4.78 is 0. The van der Waals surface area contributed by atoms with Crippen LogP contribution in [0, 0.1) is 51.2 Å². The van der Waals surface area contributed by atoms with Gasteiger partial charge in [-0.1, -0.05) is 25.6 Å². The molecule has 2 rings (SSSR count). The molecule has 2 aliphatic rings. The Morgan fingerprint density at radius 2 is 2.04 bits per heavy atom. The lowest BCUT2D eigenvalue weighted by atomic mass is 9.72. The van der Waals surface area contributed by atoms with E-state index in [4.69, 9.17) is 0 Å². The number of allylic oxidation sites excluding steroid dienone is 1. The summed E-state index contributed by atoms with van der Waals surface area (Å²) in [5.74, 6) is -1.63. The first-order valence-corrected chi connectivity index (χ1v) is 8.88. The van der Waals surface area contributed by atoms with Crippen molar-refractivity contribution < 1.29 is 9.59 Å². The van der Waals surface area contributed by atoms with Gasteiger partial charge in [-0.25, -0.2) is 0 Å². The lowest BCUT2D eigenvalue weighted by Gasteiger charge is -2.34. The molecule has 0 aromatic rings. The van der Waals surface area contributed by atoms with Crippen LogP contribution in [0.1, 0.15) is 33.6 Å². The zero-order valence-electron chi connectivity index (χ0n) is 14.3. The smallest absolute Gasteiger partial charge is 0.243 e. The van der Waals surface area contributed by atoms with Crippen LogP contribution in [0.2, 0.25) is 0 Å². The maximum Gasteiger partial charge on any atom is 0.243 e. The van der Waals surface area contributed by atoms with Crippen LogP contribution in [0.15, 0.2) is 10.6 Å². The van der Waals surface area contributed by atoms with Gasteiger partial charge in [0.2, 0.25) is 11.8 Å². The fraction of sp³-hybridized carbons (Fsp3) is 0.588. The fourth-order valence-electron chi connectivity index (χ4n) is 2.88. The van der Waals surface area contributed by atoms with Crippen LogP contribution in [0.3, 0.4) is 0 Å². The number of carbonyl (C=O) groups excluding carboxylic acids is 2. The number of nitrogens with zero attached hydrogens (tertiary/aromatic N) is 3. The van der Waals surface area contributed by atoms with Crippen molar-refractivity contribution in [3.8, 4) is 18.2 Å². The fourth-order valence-corrected chi connectivity index (χ4v) is 3.85. The molecule has 0 bridgehead atoms. The van der Waals surface area contributed by atoms with Crippen LogP contribution >= 0.6 is 11.8 Å². The average molecular weight is 357 g/mol. The Labute approximate surface area is 151 Å². The van der Waals surface area contributed by atoms with Gasteiger partial charge in [0.15, 0.2) is 0 Å². The number of hydrogen-bond acceptors (Lipinski definition) is 6. The summed E-state index contributed by atoms with van der Waals surface area (Å²) in [5, 5.41) is 33.5. The van der Waals surface area contributed by atoms with E-state index in [9.17, 15) is 25.4 Å². The quantitative estimate of drug-likeness (QED) is 0.768. The Hall–Kier alpha value is -2.50. The maximum absolute atomic E-state index is 12.2. The minimum atomic E-state index is -0.961. The van der Waals surface area contributed by atoms with Crippen LogP contribution < -0.4 is 10.6 Å². The predicted molar refractivity (Wildman–Crippen MR) is 91.0 cm³/mol. The van der Waals surface area contributed by atoms with Crippen LogP contribution in [0.5, 0.6) is 0 Å². The van der Waals surface area contributed by atoms with Crippen LogP contribution in [-0.2, 0) is 9.59 Å². The van der Waals surface area contributed by atoms with Gasteiger partial charge in [-0.3, -0.25) is 9.59 Å². The van der Waals surface area contributed by atoms with E-state index in [1.54, 1.807) is 20.8 Å². The molecule has 130 valence electrons. The number of nitriles is 3. The third kappa shape index (κ3) is 3.62. The van der Waals surface area contributed by atoms with Gasteiger partial charge in [0, 0.05) is 5.41 Å². The third-order valence-electron chi connectivity index (χ3n) is 4.71. The topological polar surface area (TPSA) is 130 Å². The number of carbonyl (C=O) groups is 2. The molecule has 2 amide bonds. The van der Waals surface area contributed by atoms with Gasteiger partial charge in [0.05, 0.1) is 34.6 Å². The van der Waals surface area contributed by atoms with E-state index in [1.807, 2.05) is 12.1 Å². The van der Waals surface area contributed by atoms with E-state index in [0.29, 0.717) is 5.03 Å². The highest BCUT2D eigenvalue weighted by Crippen LogP contribution is 2.42. The molecule has 0 unspecified atom stereocenters. The SMILES string of the molecule is CC1(C)C(C#N)=C(SCC(=O)N[C@](C)(C#N)C2CC2)NC(=O)[C@H]1C#N. The van der Waals surface area contributed by atoms with Crippen LogP contribution in [0.25, 0.3) is 0 Å². The average Bonchev–Trinajstić information content (AvgIpc) is 3.37. The second-order valence-corrected chi connectivity index (χ2v) is 8.00. The molecule has 0 aromatic carbocycles. The molecule has 1 heterocycles. The lowest BCUT2D eigenvalue weighted by molar-refractivity contribution is -0.125. The highest BCUT2D eigenvalue weighted by atomic mass is 32.2. The second-order valence-electron chi connectivity index (χ2n) is 7.01. The van der Waals surface area contributed by atoms with Gasteiger partial charge in [0.1, 0.15) is 11.5 Å². The molecule has 1 aliphatic carbocycles. The molecule has 0 aromatic heterocycles. The van der Waals surface area contributed by atoms with E-state index >= 15 is 0 Å². The van der Waals surface area contributed by atoms with Crippen LogP contribution in [0.4, 0.5) is 0 Å². The van der Waals surface area contributed by atoms with Crippen molar-refractivity contribution >= 4 is 23.6 Å². The zero-order chi connectivity index (χ0) is 18.8. The molecule has 7 nitrogen and oxygen atoms in total. The van der Waals surface area contributed by atoms with E-state index in [1.165, 1.54) is 0 Å². The second kappa shape index (κ2) is 6.78. The summed E-state index contributed by atoms with van der Waals surface area (Å²) in [6.45, 7) is 5.04. The molecule has 2 N–H and O–H groups in total. The molecule has 1 saturated carbocycles. The molecule has 8 heteroatoms. The minimum absolute atomic E-state index is 0.0297. The standard InChI is InChI=1S/C17H19N5O2S/c1-16(2)11(6-18)14(24)21-15(12(16)7-19)25-8-13(23)22-17(3,9-20)10-4-5-10/h10-11H,4-5,8H2,1-3H3,(H,21,24)(H,22,23)/t11-,17-/m1/s1. The summed E-state index contributed by atoms with van der Waals surface area (Å²) in [6, 6.07) is 6.13. The van der Waals surface area contributed by atoms with E-state index in [0.717, 1.165) is 24.6 Å². The van der Waals surface area contributed by atoms with Gasteiger partial charge in [-0.15, -0.1) is 0 Å². The van der Waals surface area contributed by atoms with Crippen molar-refractivity contribution in [1.82, 2.24) is 10.6 Å². The molecular formula is C17H19N5O2S. The Balaban J connectivity index is 2.11. The first kappa shape index (κ1) is 18.8. The molecule has 2 atom stereocenters. The summed E-state index contributed by atoms with van der Waals surface area (Å²) in [5.41, 5.74) is -1.54. The maximum atomic E-state index is 12.2. The highest BCUT2D eigenvalue weighted by molar-refractivity contribution is 8.03. The molecule has 0 saturated heterocycles. The number of thioether (sulfide) groups is 1. The molecule has 1 aliphatic heterocycles. The number of rotatable bonds is 5. The first-order chi connectivity index (χ1) is 11.7. The molecule has 0 spiro atoms. The summed E-state index contributed by atoms with van der Waals surface area (Å²) in [4.78, 5) is 24.3. The van der Waals surface area contributed by atoms with Gasteiger partial charge in [0.25, 0.3) is 0 Å². The van der Waals surface area contributed by atoms with Crippen molar-refractivity contribution in [3.63, 3.8) is 0 Å². The van der Waals surface area contributed by atoms with Gasteiger partial charge in [-0.2, -0.15) is 15.8 Å². The summed E-state index contributed by atoms with van der Waals surface area (Å²) in [7, 11) is 0. The lowest BCUT2D eigenvalue weighted by Crippen LogP contribution is -2.48. The van der Waals surface area contributed by atoms with E-state index in [2.05, 4.69) is 16.7 Å². The Kier molecular flexibility index (Phi) is 5.11. The van der Waals surface area contributed by atoms with Gasteiger partial charge < -0.3 is 10.6 Å². The van der Waals surface area contributed by atoms with Crippen molar-refractivity contribution in [2.75, 3.05) is 5.75 Å². The molecule has 1 fully saturated rings. The Bertz CT molecular complexity index is 763. The van der Waals surface area contributed by atoms with Gasteiger partial charge in [-0.05, 0) is 25.7 Å². The van der Waals surface area contributed by atoms with E-state index in [-0.39, 0.29) is 23.2 Å². The van der Waals surface area contributed by atoms with Crippen molar-refractivity contribution in [1.29, 1.82) is 15.8 Å². The molecule has 25 heavy (non-hydrogen) atoms. The number of nitrogens with one attached hydrogen (secondary N) is 2. The van der Waals surface area contributed by atoms with E-state index < -0.39 is 22.8 Å². The monoisotopic (exact) mass is 357 g/mol. The van der Waals surface area contributed by atoms with Crippen molar-refractivity contribution in [2.45, 2.75) is 39.2 Å².